The van der Waals surface area contributed by atoms with E-state index >= 15 is 0 Å². The normalized spacial score (nSPS) is 22.5. The van der Waals surface area contributed by atoms with Gasteiger partial charge in [-0.25, -0.2) is 4.79 Å². The summed E-state index contributed by atoms with van der Waals surface area (Å²) >= 11 is 0. The van der Waals surface area contributed by atoms with Gasteiger partial charge in [0.1, 0.15) is 0 Å². The third kappa shape index (κ3) is 3.58. The monoisotopic (exact) mass is 419 g/mol. The summed E-state index contributed by atoms with van der Waals surface area (Å²) in [4.78, 5) is 21.8. The topological polar surface area (TPSA) is 45.7 Å². The van der Waals surface area contributed by atoms with Crippen molar-refractivity contribution in [2.75, 3.05) is 19.7 Å². The van der Waals surface area contributed by atoms with Crippen LogP contribution in [0.4, 0.5) is 4.79 Å². The van der Waals surface area contributed by atoms with Crippen molar-refractivity contribution in [1.82, 2.24) is 14.8 Å². The highest BCUT2D eigenvalue weighted by molar-refractivity contribution is 5.86. The summed E-state index contributed by atoms with van der Waals surface area (Å²) in [6, 6.07) is 7.29. The number of carbonyl (C=O) groups excluding carboxylic acids is 1. The molecule has 2 aliphatic heterocycles. The lowest BCUT2D eigenvalue weighted by Crippen LogP contribution is -2.54. The maximum atomic E-state index is 12.4. The molecule has 1 aromatic carbocycles. The van der Waals surface area contributed by atoms with Crippen molar-refractivity contribution in [1.29, 1.82) is 0 Å². The van der Waals surface area contributed by atoms with Crippen LogP contribution >= 0.6 is 0 Å². The first kappa shape index (κ1) is 20.3. The van der Waals surface area contributed by atoms with Crippen LogP contribution in [0.15, 0.2) is 24.8 Å². The molecule has 2 unspecified atom stereocenters. The van der Waals surface area contributed by atoms with Crippen LogP contribution in [0.25, 0.3) is 16.6 Å². The summed E-state index contributed by atoms with van der Waals surface area (Å²) in [7, 11) is 0. The zero-order valence-electron chi connectivity index (χ0n) is 18.8. The molecule has 0 spiro atoms. The molecule has 2 atom stereocenters. The second-order valence-corrected chi connectivity index (χ2v) is 9.36. The molecule has 164 valence electrons. The number of benzene rings is 1. The van der Waals surface area contributed by atoms with Gasteiger partial charge in [0.2, 0.25) is 0 Å². The maximum absolute atomic E-state index is 12.4. The Balaban J connectivity index is 1.39. The standard InChI is InChI=1S/C26H33N3O2/c1-4-13-31-26(30)28-15-20-10-11-21(16-28)29(20)18(3)19-9-12-23-17(2)22-7-5-6-8-24(22)27-25(23)14-19/h9,12,14,20-21H,3-8,10-11,13,15-16H2,1-2H3. The van der Waals surface area contributed by atoms with Gasteiger partial charge in [0, 0.05) is 42.0 Å². The van der Waals surface area contributed by atoms with Gasteiger partial charge in [0.05, 0.1) is 12.1 Å². The Bertz CT molecular complexity index is 1020. The van der Waals surface area contributed by atoms with Crippen LogP contribution in [0.5, 0.6) is 0 Å². The van der Waals surface area contributed by atoms with Gasteiger partial charge in [-0.2, -0.15) is 0 Å². The summed E-state index contributed by atoms with van der Waals surface area (Å²) in [6.07, 6.45) is 7.65. The number of pyridine rings is 1. The highest BCUT2D eigenvalue weighted by Gasteiger charge is 2.42. The number of aromatic nitrogens is 1. The lowest BCUT2D eigenvalue weighted by Gasteiger charge is -2.42. The van der Waals surface area contributed by atoms with Crippen LogP contribution in [0.3, 0.4) is 0 Å². The molecule has 2 fully saturated rings. The van der Waals surface area contributed by atoms with Crippen LogP contribution in [-0.2, 0) is 17.6 Å². The summed E-state index contributed by atoms with van der Waals surface area (Å²) in [5, 5.41) is 1.27. The lowest BCUT2D eigenvalue weighted by molar-refractivity contribution is 0.0670. The number of hydrogen-bond acceptors (Lipinski definition) is 4. The second-order valence-electron chi connectivity index (χ2n) is 9.36. The molecular formula is C26H33N3O2. The van der Waals surface area contributed by atoms with Gasteiger partial charge in [-0.15, -0.1) is 0 Å². The minimum Gasteiger partial charge on any atom is -0.449 e. The summed E-state index contributed by atoms with van der Waals surface area (Å²) in [5.74, 6) is 0. The average molecular weight is 420 g/mol. The predicted molar refractivity (Wildman–Crippen MR) is 124 cm³/mol. The lowest BCUT2D eigenvalue weighted by atomic mass is 9.90. The highest BCUT2D eigenvalue weighted by atomic mass is 16.6. The smallest absolute Gasteiger partial charge is 0.409 e. The number of hydrogen-bond donors (Lipinski definition) is 0. The van der Waals surface area contributed by atoms with Crippen LogP contribution in [0.1, 0.15) is 61.4 Å². The Morgan fingerprint density at radius 3 is 2.68 bits per heavy atom. The van der Waals surface area contributed by atoms with E-state index in [1.165, 1.54) is 35.0 Å². The fourth-order valence-electron chi connectivity index (χ4n) is 5.77. The Labute approximate surface area is 185 Å². The van der Waals surface area contributed by atoms with E-state index in [1.807, 2.05) is 11.8 Å². The Morgan fingerprint density at radius 1 is 1.19 bits per heavy atom. The van der Waals surface area contributed by atoms with Crippen molar-refractivity contribution >= 4 is 22.7 Å². The van der Waals surface area contributed by atoms with E-state index in [2.05, 4.69) is 36.6 Å². The van der Waals surface area contributed by atoms with E-state index in [4.69, 9.17) is 9.72 Å². The number of ether oxygens (including phenoxy) is 1. The van der Waals surface area contributed by atoms with Crippen molar-refractivity contribution in [3.8, 4) is 0 Å². The van der Waals surface area contributed by atoms with E-state index in [0.29, 0.717) is 18.7 Å². The third-order valence-electron chi connectivity index (χ3n) is 7.36. The Hall–Kier alpha value is -2.56. The second kappa shape index (κ2) is 8.18. The van der Waals surface area contributed by atoms with Crippen molar-refractivity contribution in [2.24, 2.45) is 0 Å². The molecule has 31 heavy (non-hydrogen) atoms. The molecule has 5 nitrogen and oxygen atoms in total. The van der Waals surface area contributed by atoms with Crippen LogP contribution in [-0.4, -0.2) is 52.7 Å². The molecule has 1 aliphatic carbocycles. The molecule has 1 aromatic heterocycles. The SMILES string of the molecule is C=C(c1ccc2c(C)c3c(nc2c1)CCCC3)N1C2CCC1CN(C(=O)OCCC)C2. The number of likely N-dealkylation sites (tertiary alicyclic amines) is 1. The predicted octanol–water partition coefficient (Wildman–Crippen LogP) is 5.09. The quantitative estimate of drug-likeness (QED) is 0.693. The number of amides is 1. The van der Waals surface area contributed by atoms with E-state index < -0.39 is 0 Å². The molecule has 5 heteroatoms. The van der Waals surface area contributed by atoms with E-state index in [9.17, 15) is 4.79 Å². The Kier molecular flexibility index (Phi) is 5.37. The molecule has 0 N–H and O–H groups in total. The van der Waals surface area contributed by atoms with Crippen LogP contribution < -0.4 is 0 Å². The van der Waals surface area contributed by atoms with Gasteiger partial charge in [0.15, 0.2) is 0 Å². The number of nitrogens with zero attached hydrogens (tertiary/aromatic N) is 3. The van der Waals surface area contributed by atoms with Crippen molar-refractivity contribution in [3.05, 3.63) is 47.2 Å². The average Bonchev–Trinajstić information content (AvgIpc) is 3.05. The van der Waals surface area contributed by atoms with E-state index in [0.717, 1.165) is 62.0 Å². The molecule has 2 bridgehead atoms. The molecule has 0 radical (unpaired) electrons. The van der Waals surface area contributed by atoms with Gasteiger partial charge >= 0.3 is 6.09 Å². The zero-order chi connectivity index (χ0) is 21.5. The van der Waals surface area contributed by atoms with Crippen molar-refractivity contribution in [3.63, 3.8) is 0 Å². The molecule has 0 saturated carbocycles. The number of piperazine rings is 1. The number of fused-ring (bicyclic) bond motifs is 4. The molecule has 2 saturated heterocycles. The largest absolute Gasteiger partial charge is 0.449 e. The molecule has 3 heterocycles. The minimum absolute atomic E-state index is 0.167. The minimum atomic E-state index is -0.167. The van der Waals surface area contributed by atoms with Gasteiger partial charge in [0.25, 0.3) is 0 Å². The number of aryl methyl sites for hydroxylation is 2. The molecular weight excluding hydrogens is 386 g/mol. The van der Waals surface area contributed by atoms with Crippen molar-refractivity contribution < 1.29 is 9.53 Å². The van der Waals surface area contributed by atoms with Gasteiger partial charge in [-0.3, -0.25) is 4.98 Å². The first-order chi connectivity index (χ1) is 15.1. The van der Waals surface area contributed by atoms with Gasteiger partial charge in [-0.05, 0) is 74.6 Å². The summed E-state index contributed by atoms with van der Waals surface area (Å²) in [6.45, 7) is 10.7. The molecule has 2 aromatic rings. The number of carbonyl (C=O) groups is 1. The summed E-state index contributed by atoms with van der Waals surface area (Å²) in [5.41, 5.74) is 7.46. The van der Waals surface area contributed by atoms with Gasteiger partial charge < -0.3 is 14.5 Å². The fraction of sp³-hybridized carbons (Fsp3) is 0.538. The molecule has 3 aliphatic rings. The fourth-order valence-corrected chi connectivity index (χ4v) is 5.77. The van der Waals surface area contributed by atoms with E-state index in [-0.39, 0.29) is 6.09 Å². The molecule has 5 rings (SSSR count). The summed E-state index contributed by atoms with van der Waals surface area (Å²) < 4.78 is 5.38. The molecule has 1 amide bonds. The highest BCUT2D eigenvalue weighted by Crippen LogP contribution is 2.38. The van der Waals surface area contributed by atoms with Crippen LogP contribution in [0.2, 0.25) is 0 Å². The van der Waals surface area contributed by atoms with Crippen molar-refractivity contribution in [2.45, 2.75) is 70.9 Å². The third-order valence-corrected chi connectivity index (χ3v) is 7.36. The van der Waals surface area contributed by atoms with Gasteiger partial charge in [-0.1, -0.05) is 25.6 Å². The first-order valence-corrected chi connectivity index (χ1v) is 11.9. The first-order valence-electron chi connectivity index (χ1n) is 11.9. The maximum Gasteiger partial charge on any atom is 0.409 e. The van der Waals surface area contributed by atoms with E-state index in [1.54, 1.807) is 0 Å². The number of rotatable bonds is 4. The van der Waals surface area contributed by atoms with Crippen LogP contribution in [0, 0.1) is 6.92 Å². The Morgan fingerprint density at radius 2 is 1.94 bits per heavy atom. The zero-order valence-corrected chi connectivity index (χ0v) is 18.8.